The predicted octanol–water partition coefficient (Wildman–Crippen LogP) is 1.95. The van der Waals surface area contributed by atoms with E-state index < -0.39 is 9.84 Å². The van der Waals surface area contributed by atoms with Crippen LogP contribution in [0, 0.1) is 6.92 Å². The van der Waals surface area contributed by atoms with Crippen molar-refractivity contribution >= 4 is 9.84 Å². The van der Waals surface area contributed by atoms with Crippen LogP contribution in [0.5, 0.6) is 0 Å². The van der Waals surface area contributed by atoms with Gasteiger partial charge in [0.2, 0.25) is 5.89 Å². The van der Waals surface area contributed by atoms with Gasteiger partial charge in [-0.1, -0.05) is 18.2 Å². The molecular formula is C14H17NO4S. The van der Waals surface area contributed by atoms with E-state index in [1.807, 2.05) is 30.3 Å². The van der Waals surface area contributed by atoms with Crippen LogP contribution in [-0.4, -0.2) is 30.9 Å². The van der Waals surface area contributed by atoms with Crippen molar-refractivity contribution in [2.75, 3.05) is 12.4 Å². The number of aliphatic hydroxyl groups is 1. The lowest BCUT2D eigenvalue weighted by Crippen LogP contribution is -2.11. The molecule has 1 N–H and O–H groups in total. The Morgan fingerprint density at radius 2 is 1.95 bits per heavy atom. The van der Waals surface area contributed by atoms with Crippen molar-refractivity contribution in [3.05, 3.63) is 41.8 Å². The number of aromatic nitrogens is 1. The zero-order valence-electron chi connectivity index (χ0n) is 11.2. The van der Waals surface area contributed by atoms with Crippen LogP contribution >= 0.6 is 0 Å². The summed E-state index contributed by atoms with van der Waals surface area (Å²) in [6.07, 6.45) is 0.241. The van der Waals surface area contributed by atoms with Gasteiger partial charge in [0.05, 0.1) is 17.2 Å². The summed E-state index contributed by atoms with van der Waals surface area (Å²) in [6, 6.07) is 9.34. The molecule has 0 fully saturated rings. The third kappa shape index (κ3) is 3.68. The summed E-state index contributed by atoms with van der Waals surface area (Å²) in [5.41, 5.74) is 1.25. The second-order valence-corrected chi connectivity index (χ2v) is 6.74. The largest absolute Gasteiger partial charge is 0.441 e. The number of sulfone groups is 1. The second-order valence-electron chi connectivity index (χ2n) is 4.56. The van der Waals surface area contributed by atoms with Crippen molar-refractivity contribution in [1.82, 2.24) is 4.98 Å². The Labute approximate surface area is 118 Å². The van der Waals surface area contributed by atoms with E-state index in [-0.39, 0.29) is 24.5 Å². The molecule has 5 nitrogen and oxygen atoms in total. The molecule has 2 rings (SSSR count). The van der Waals surface area contributed by atoms with Crippen LogP contribution in [0.1, 0.15) is 17.9 Å². The lowest BCUT2D eigenvalue weighted by Gasteiger charge is -2.00. The molecule has 0 saturated carbocycles. The van der Waals surface area contributed by atoms with E-state index in [9.17, 15) is 8.42 Å². The second kappa shape index (κ2) is 6.19. The Hall–Kier alpha value is -1.66. The van der Waals surface area contributed by atoms with E-state index >= 15 is 0 Å². The first kappa shape index (κ1) is 14.7. The van der Waals surface area contributed by atoms with Crippen LogP contribution in [-0.2, 0) is 15.6 Å². The van der Waals surface area contributed by atoms with E-state index in [2.05, 4.69) is 4.98 Å². The van der Waals surface area contributed by atoms with Gasteiger partial charge in [0.1, 0.15) is 5.76 Å². The van der Waals surface area contributed by atoms with Gasteiger partial charge in [0.25, 0.3) is 0 Å². The molecule has 0 saturated heterocycles. The molecule has 0 aliphatic heterocycles. The van der Waals surface area contributed by atoms with Crippen molar-refractivity contribution < 1.29 is 17.9 Å². The van der Waals surface area contributed by atoms with Gasteiger partial charge in [0, 0.05) is 12.2 Å². The van der Waals surface area contributed by atoms with E-state index in [4.69, 9.17) is 9.52 Å². The third-order valence-corrected chi connectivity index (χ3v) is 4.51. The van der Waals surface area contributed by atoms with Crippen molar-refractivity contribution in [1.29, 1.82) is 0 Å². The third-order valence-electron chi connectivity index (χ3n) is 2.88. The molecule has 2 aromatic rings. The van der Waals surface area contributed by atoms with Gasteiger partial charge in [-0.2, -0.15) is 0 Å². The number of rotatable bonds is 6. The maximum atomic E-state index is 11.9. The molecule has 0 unspecified atom stereocenters. The average Bonchev–Trinajstić information content (AvgIpc) is 2.78. The minimum absolute atomic E-state index is 0.0452. The first-order chi connectivity index (χ1) is 9.52. The maximum absolute atomic E-state index is 11.9. The van der Waals surface area contributed by atoms with Crippen molar-refractivity contribution in [2.45, 2.75) is 19.1 Å². The SMILES string of the molecule is Cc1oc(-c2ccccc2)nc1CS(=O)(=O)CCCO. The van der Waals surface area contributed by atoms with Gasteiger partial charge in [-0.05, 0) is 25.5 Å². The quantitative estimate of drug-likeness (QED) is 0.881. The molecule has 108 valence electrons. The van der Waals surface area contributed by atoms with Gasteiger partial charge in [-0.15, -0.1) is 0 Å². The number of nitrogens with zero attached hydrogens (tertiary/aromatic N) is 1. The number of hydrogen-bond acceptors (Lipinski definition) is 5. The van der Waals surface area contributed by atoms with Gasteiger partial charge in [-0.3, -0.25) is 0 Å². The van der Waals surface area contributed by atoms with E-state index in [1.165, 1.54) is 0 Å². The van der Waals surface area contributed by atoms with E-state index in [0.717, 1.165) is 5.56 Å². The summed E-state index contributed by atoms with van der Waals surface area (Å²) in [4.78, 5) is 4.26. The summed E-state index contributed by atoms with van der Waals surface area (Å²) < 4.78 is 29.3. The zero-order valence-corrected chi connectivity index (χ0v) is 12.1. The topological polar surface area (TPSA) is 80.4 Å². The minimum atomic E-state index is -3.27. The Morgan fingerprint density at radius 1 is 1.25 bits per heavy atom. The highest BCUT2D eigenvalue weighted by molar-refractivity contribution is 7.90. The summed E-state index contributed by atoms with van der Waals surface area (Å²) in [5, 5.41) is 8.70. The summed E-state index contributed by atoms with van der Waals surface area (Å²) >= 11 is 0. The Morgan fingerprint density at radius 3 is 2.60 bits per heavy atom. The molecule has 0 bridgehead atoms. The van der Waals surface area contributed by atoms with Crippen LogP contribution in [0.2, 0.25) is 0 Å². The highest BCUT2D eigenvalue weighted by atomic mass is 32.2. The summed E-state index contributed by atoms with van der Waals surface area (Å²) in [5.74, 6) is 0.734. The van der Waals surface area contributed by atoms with Gasteiger partial charge < -0.3 is 9.52 Å². The minimum Gasteiger partial charge on any atom is -0.441 e. The highest BCUT2D eigenvalue weighted by Gasteiger charge is 2.18. The monoisotopic (exact) mass is 295 g/mol. The normalized spacial score (nSPS) is 11.7. The Balaban J connectivity index is 2.21. The summed E-state index contributed by atoms with van der Waals surface area (Å²) in [6.45, 7) is 1.57. The lowest BCUT2D eigenvalue weighted by molar-refractivity contribution is 0.295. The molecule has 0 atom stereocenters. The van der Waals surface area contributed by atoms with Crippen LogP contribution in [0.15, 0.2) is 34.7 Å². The fourth-order valence-electron chi connectivity index (χ4n) is 1.83. The summed E-state index contributed by atoms with van der Waals surface area (Å²) in [7, 11) is -3.27. The van der Waals surface area contributed by atoms with E-state index in [0.29, 0.717) is 17.3 Å². The molecule has 1 heterocycles. The van der Waals surface area contributed by atoms with Crippen molar-refractivity contribution in [2.24, 2.45) is 0 Å². The smallest absolute Gasteiger partial charge is 0.226 e. The van der Waals surface area contributed by atoms with Gasteiger partial charge in [0.15, 0.2) is 9.84 Å². The van der Waals surface area contributed by atoms with Crippen molar-refractivity contribution in [3.63, 3.8) is 0 Å². The van der Waals surface area contributed by atoms with Gasteiger partial charge >= 0.3 is 0 Å². The van der Waals surface area contributed by atoms with Crippen LogP contribution in [0.4, 0.5) is 0 Å². The Kier molecular flexibility index (Phi) is 4.57. The molecule has 0 aliphatic carbocycles. The Bertz CT molecular complexity index is 662. The predicted molar refractivity (Wildman–Crippen MR) is 75.9 cm³/mol. The number of benzene rings is 1. The lowest BCUT2D eigenvalue weighted by atomic mass is 10.2. The number of hydrogen-bond donors (Lipinski definition) is 1. The zero-order chi connectivity index (χ0) is 14.6. The first-order valence-electron chi connectivity index (χ1n) is 6.35. The number of aliphatic hydroxyl groups excluding tert-OH is 1. The van der Waals surface area contributed by atoms with Crippen LogP contribution < -0.4 is 0 Å². The molecule has 0 radical (unpaired) electrons. The molecule has 0 spiro atoms. The number of oxazole rings is 1. The maximum Gasteiger partial charge on any atom is 0.226 e. The first-order valence-corrected chi connectivity index (χ1v) is 8.17. The molecule has 1 aromatic heterocycles. The fraction of sp³-hybridized carbons (Fsp3) is 0.357. The molecule has 0 amide bonds. The number of aryl methyl sites for hydroxylation is 1. The molecule has 20 heavy (non-hydrogen) atoms. The van der Waals surface area contributed by atoms with Crippen molar-refractivity contribution in [3.8, 4) is 11.5 Å². The fourth-order valence-corrected chi connectivity index (χ4v) is 3.23. The molecule has 0 aliphatic rings. The van der Waals surface area contributed by atoms with E-state index in [1.54, 1.807) is 6.92 Å². The highest BCUT2D eigenvalue weighted by Crippen LogP contribution is 2.22. The molecule has 6 heteroatoms. The molecular weight excluding hydrogens is 278 g/mol. The van der Waals surface area contributed by atoms with Gasteiger partial charge in [-0.25, -0.2) is 13.4 Å². The van der Waals surface area contributed by atoms with Crippen LogP contribution in [0.3, 0.4) is 0 Å². The standard InChI is InChI=1S/C14H17NO4S/c1-11-13(10-20(17,18)9-5-8-16)15-14(19-11)12-6-3-2-4-7-12/h2-4,6-7,16H,5,8-10H2,1H3. The van der Waals surface area contributed by atoms with Crippen LogP contribution in [0.25, 0.3) is 11.5 Å². The average molecular weight is 295 g/mol. The molecule has 1 aromatic carbocycles.